The second-order valence-corrected chi connectivity index (χ2v) is 11.7. The van der Waals surface area contributed by atoms with Gasteiger partial charge in [-0.25, -0.2) is 12.8 Å². The summed E-state index contributed by atoms with van der Waals surface area (Å²) in [6.45, 7) is 3.14. The summed E-state index contributed by atoms with van der Waals surface area (Å²) in [5.74, 6) is -1.60. The number of rotatable bonds is 12. The summed E-state index contributed by atoms with van der Waals surface area (Å²) in [7, 11) is -4.18. The molecule has 4 aromatic rings. The van der Waals surface area contributed by atoms with Crippen molar-refractivity contribution in [3.63, 3.8) is 0 Å². The first kappa shape index (κ1) is 30.5. The number of sulfonamides is 1. The Morgan fingerprint density at radius 2 is 1.43 bits per heavy atom. The summed E-state index contributed by atoms with van der Waals surface area (Å²) >= 11 is 0. The van der Waals surface area contributed by atoms with Gasteiger partial charge in [0.1, 0.15) is 18.4 Å². The molecule has 7 nitrogen and oxygen atoms in total. The van der Waals surface area contributed by atoms with Gasteiger partial charge in [0.05, 0.1) is 10.6 Å². The summed E-state index contributed by atoms with van der Waals surface area (Å²) in [4.78, 5) is 29.0. The molecular formula is C33H34FN3O4S. The third-order valence-corrected chi connectivity index (χ3v) is 8.64. The van der Waals surface area contributed by atoms with Crippen LogP contribution >= 0.6 is 0 Å². The van der Waals surface area contributed by atoms with Gasteiger partial charge >= 0.3 is 0 Å². The van der Waals surface area contributed by atoms with Crippen LogP contribution in [0.2, 0.25) is 0 Å². The molecule has 0 unspecified atom stereocenters. The van der Waals surface area contributed by atoms with Gasteiger partial charge in [-0.1, -0.05) is 84.4 Å². The van der Waals surface area contributed by atoms with Crippen LogP contribution in [0.15, 0.2) is 114 Å². The molecule has 1 atom stereocenters. The number of nitrogens with zero attached hydrogens (tertiary/aromatic N) is 2. The average molecular weight is 588 g/mol. The van der Waals surface area contributed by atoms with Crippen LogP contribution in [0.5, 0.6) is 0 Å². The van der Waals surface area contributed by atoms with Crippen molar-refractivity contribution in [3.05, 3.63) is 132 Å². The van der Waals surface area contributed by atoms with Crippen LogP contribution in [0.4, 0.5) is 10.1 Å². The summed E-state index contributed by atoms with van der Waals surface area (Å²) in [5.41, 5.74) is 2.22. The summed E-state index contributed by atoms with van der Waals surface area (Å²) in [6, 6.07) is 28.8. The zero-order valence-electron chi connectivity index (χ0n) is 23.6. The molecule has 0 spiro atoms. The van der Waals surface area contributed by atoms with Crippen molar-refractivity contribution in [3.8, 4) is 0 Å². The van der Waals surface area contributed by atoms with Crippen LogP contribution in [-0.2, 0) is 32.6 Å². The molecule has 0 bridgehead atoms. The van der Waals surface area contributed by atoms with Crippen LogP contribution in [0, 0.1) is 12.7 Å². The van der Waals surface area contributed by atoms with Gasteiger partial charge in [-0.15, -0.1) is 0 Å². The van der Waals surface area contributed by atoms with Gasteiger partial charge in [-0.05, 0) is 49.7 Å². The number of aryl methyl sites for hydroxylation is 1. The Labute approximate surface area is 246 Å². The van der Waals surface area contributed by atoms with Crippen molar-refractivity contribution in [2.75, 3.05) is 17.4 Å². The minimum Gasteiger partial charge on any atom is -0.355 e. The maximum Gasteiger partial charge on any atom is 0.264 e. The van der Waals surface area contributed by atoms with Gasteiger partial charge in [-0.2, -0.15) is 0 Å². The van der Waals surface area contributed by atoms with Crippen molar-refractivity contribution in [1.29, 1.82) is 0 Å². The Bertz CT molecular complexity index is 1600. The van der Waals surface area contributed by atoms with Crippen LogP contribution < -0.4 is 9.62 Å². The molecule has 4 aromatic carbocycles. The largest absolute Gasteiger partial charge is 0.355 e. The number of halogens is 1. The third kappa shape index (κ3) is 7.41. The minimum absolute atomic E-state index is 0.0172. The number of carbonyl (C=O) groups excluding carboxylic acids is 2. The quantitative estimate of drug-likeness (QED) is 0.250. The van der Waals surface area contributed by atoms with E-state index in [1.54, 1.807) is 67.6 Å². The van der Waals surface area contributed by atoms with Gasteiger partial charge in [0.2, 0.25) is 11.8 Å². The lowest BCUT2D eigenvalue weighted by Crippen LogP contribution is -2.53. The minimum atomic E-state index is -4.18. The van der Waals surface area contributed by atoms with Crippen molar-refractivity contribution >= 4 is 27.5 Å². The Morgan fingerprint density at radius 3 is 2.05 bits per heavy atom. The number of hydrogen-bond donors (Lipinski definition) is 1. The predicted molar refractivity (Wildman–Crippen MR) is 162 cm³/mol. The molecule has 0 radical (unpaired) electrons. The Hall–Kier alpha value is -4.50. The number of benzene rings is 4. The Kier molecular flexibility index (Phi) is 10.1. The number of likely N-dealkylation sites (N-methyl/N-ethyl adjacent to an activating group) is 1. The van der Waals surface area contributed by atoms with E-state index < -0.39 is 40.2 Å². The molecule has 0 fully saturated rings. The number of anilines is 1. The molecule has 9 heteroatoms. The Morgan fingerprint density at radius 1 is 0.833 bits per heavy atom. The molecule has 4 rings (SSSR count). The van der Waals surface area contributed by atoms with Crippen LogP contribution in [0.3, 0.4) is 0 Å². The average Bonchev–Trinajstić information content (AvgIpc) is 3.00. The molecule has 0 saturated carbocycles. The van der Waals surface area contributed by atoms with Crippen LogP contribution in [0.25, 0.3) is 0 Å². The molecule has 0 aliphatic heterocycles. The fraction of sp³-hybridized carbons (Fsp3) is 0.212. The van der Waals surface area contributed by atoms with Crippen molar-refractivity contribution in [2.24, 2.45) is 0 Å². The third-order valence-electron chi connectivity index (χ3n) is 6.85. The van der Waals surface area contributed by atoms with E-state index in [9.17, 15) is 22.4 Å². The fourth-order valence-corrected chi connectivity index (χ4v) is 6.05. The summed E-state index contributed by atoms with van der Waals surface area (Å²) in [5, 5.41) is 2.79. The van der Waals surface area contributed by atoms with Crippen molar-refractivity contribution in [1.82, 2.24) is 10.2 Å². The lowest BCUT2D eigenvalue weighted by atomic mass is 10.0. The highest BCUT2D eigenvalue weighted by Gasteiger charge is 2.34. The normalized spacial score (nSPS) is 11.9. The van der Waals surface area contributed by atoms with Crippen molar-refractivity contribution < 1.29 is 22.4 Å². The highest BCUT2D eigenvalue weighted by atomic mass is 32.2. The molecule has 0 aromatic heterocycles. The number of carbonyl (C=O) groups is 2. The number of hydrogen-bond acceptors (Lipinski definition) is 4. The second kappa shape index (κ2) is 13.9. The highest BCUT2D eigenvalue weighted by molar-refractivity contribution is 7.92. The van der Waals surface area contributed by atoms with E-state index in [2.05, 4.69) is 5.32 Å². The van der Waals surface area contributed by atoms with E-state index >= 15 is 0 Å². The first-order chi connectivity index (χ1) is 20.2. The maximum absolute atomic E-state index is 14.9. The van der Waals surface area contributed by atoms with Crippen LogP contribution in [0.1, 0.15) is 23.6 Å². The molecule has 42 heavy (non-hydrogen) atoms. The molecule has 1 N–H and O–H groups in total. The molecular weight excluding hydrogens is 553 g/mol. The smallest absolute Gasteiger partial charge is 0.264 e. The van der Waals surface area contributed by atoms with E-state index in [4.69, 9.17) is 0 Å². The first-order valence-corrected chi connectivity index (χ1v) is 15.1. The van der Waals surface area contributed by atoms with Gasteiger partial charge in [0.25, 0.3) is 10.0 Å². The van der Waals surface area contributed by atoms with Gasteiger partial charge < -0.3 is 10.2 Å². The number of nitrogens with one attached hydrogen (secondary N) is 1. The number of amides is 2. The molecule has 218 valence electrons. The predicted octanol–water partition coefficient (Wildman–Crippen LogP) is 5.11. The van der Waals surface area contributed by atoms with Crippen molar-refractivity contribution in [2.45, 2.75) is 37.8 Å². The van der Waals surface area contributed by atoms with Gasteiger partial charge in [-0.3, -0.25) is 13.9 Å². The summed E-state index contributed by atoms with van der Waals surface area (Å²) < 4.78 is 43.7. The first-order valence-electron chi connectivity index (χ1n) is 13.7. The topological polar surface area (TPSA) is 86.8 Å². The summed E-state index contributed by atoms with van der Waals surface area (Å²) in [6.07, 6.45) is 0.156. The molecule has 0 aliphatic carbocycles. The Balaban J connectivity index is 1.79. The van der Waals surface area contributed by atoms with E-state index in [1.165, 1.54) is 23.1 Å². The van der Waals surface area contributed by atoms with Gasteiger partial charge in [0.15, 0.2) is 0 Å². The fourth-order valence-electron chi connectivity index (χ4n) is 4.62. The monoisotopic (exact) mass is 587 g/mol. The zero-order chi connectivity index (χ0) is 30.1. The van der Waals surface area contributed by atoms with E-state index in [1.807, 2.05) is 37.3 Å². The van der Waals surface area contributed by atoms with Crippen LogP contribution in [-0.4, -0.2) is 44.3 Å². The molecule has 2 amide bonds. The molecule has 0 saturated heterocycles. The highest BCUT2D eigenvalue weighted by Crippen LogP contribution is 2.25. The van der Waals surface area contributed by atoms with E-state index in [0.29, 0.717) is 12.2 Å². The van der Waals surface area contributed by atoms with E-state index in [-0.39, 0.29) is 23.4 Å². The maximum atomic E-state index is 14.9. The van der Waals surface area contributed by atoms with Gasteiger partial charge in [0, 0.05) is 25.1 Å². The lowest BCUT2D eigenvalue weighted by Gasteiger charge is -2.34. The van der Waals surface area contributed by atoms with E-state index in [0.717, 1.165) is 15.4 Å². The zero-order valence-corrected chi connectivity index (χ0v) is 24.4. The molecule has 0 heterocycles. The second-order valence-electron chi connectivity index (χ2n) is 9.87. The standard InChI is InChI=1S/C33H34FN3O4S/c1-3-35-33(39)31(22-26-12-6-4-7-13-26)36(23-27-14-10-11-17-30(27)34)32(38)24-37(28-20-18-25(2)19-21-28)42(40,41)29-15-8-5-9-16-29/h4-21,31H,3,22-24H2,1-2H3,(H,35,39)/t31-/m1/s1. The molecule has 0 aliphatic rings. The SMILES string of the molecule is CCNC(=O)[C@@H](Cc1ccccc1)N(Cc1ccccc1F)C(=O)CN(c1ccc(C)cc1)S(=O)(=O)c1ccccc1. The lowest BCUT2D eigenvalue weighted by molar-refractivity contribution is -0.140.